The number of rotatable bonds is 12. The molecule has 0 unspecified atom stereocenters. The Morgan fingerprint density at radius 3 is 2.31 bits per heavy atom. The maximum absolute atomic E-state index is 12.5. The number of ketones is 1. The molecule has 51 heavy (non-hydrogen) atoms. The van der Waals surface area contributed by atoms with Gasteiger partial charge in [0, 0.05) is 52.4 Å². The number of hydrogen-bond acceptors (Lipinski definition) is 5. The first-order valence-corrected chi connectivity index (χ1v) is 19.5. The van der Waals surface area contributed by atoms with Crippen LogP contribution in [0.15, 0.2) is 93.9 Å². The number of carbonyl (C=O) groups excluding carboxylic acids is 1. The fraction of sp³-hybridized carbons (Fsp3) is 0.395. The predicted octanol–water partition coefficient (Wildman–Crippen LogP) is 9.29. The van der Waals surface area contributed by atoms with Gasteiger partial charge in [-0.2, -0.15) is 8.42 Å². The minimum atomic E-state index is -4.37. The largest absolute Gasteiger partial charge is 0.456 e. The zero-order chi connectivity index (χ0) is 37.1. The van der Waals surface area contributed by atoms with Gasteiger partial charge >= 0.3 is 0 Å². The Labute approximate surface area is 304 Å². The van der Waals surface area contributed by atoms with E-state index in [1.165, 1.54) is 6.07 Å². The molecule has 0 atom stereocenters. The highest BCUT2D eigenvalue weighted by atomic mass is 32.2. The molecule has 2 heterocycles. The second kappa shape index (κ2) is 15.1. The predicted molar refractivity (Wildman–Crippen MR) is 209 cm³/mol. The Morgan fingerprint density at radius 1 is 0.961 bits per heavy atom. The topological polar surface area (TPSA) is 90.8 Å². The molecule has 1 N–H and O–H groups in total. The molecule has 0 spiro atoms. The Kier molecular flexibility index (Phi) is 11.3. The van der Waals surface area contributed by atoms with E-state index in [0.29, 0.717) is 13.0 Å². The molecule has 0 aromatic heterocycles. The first-order valence-electron chi connectivity index (χ1n) is 18.1. The van der Waals surface area contributed by atoms with Gasteiger partial charge in [-0.1, -0.05) is 77.4 Å². The zero-order valence-electron chi connectivity index (χ0n) is 31.4. The summed E-state index contributed by atoms with van der Waals surface area (Å²) in [6.07, 6.45) is 9.26. The van der Waals surface area contributed by atoms with Crippen molar-refractivity contribution in [1.82, 2.24) is 4.58 Å². The lowest BCUT2D eigenvalue weighted by Gasteiger charge is -2.27. The van der Waals surface area contributed by atoms with E-state index in [4.69, 9.17) is 4.42 Å². The summed E-state index contributed by atoms with van der Waals surface area (Å²) in [5.41, 5.74) is 6.22. The van der Waals surface area contributed by atoms with Crippen molar-refractivity contribution in [2.75, 3.05) is 24.5 Å². The maximum atomic E-state index is 12.5. The van der Waals surface area contributed by atoms with Gasteiger partial charge in [-0.05, 0) is 86.7 Å². The average molecular weight is 710 g/mol. The third-order valence-electron chi connectivity index (χ3n) is 10.2. The first-order chi connectivity index (χ1) is 24.1. The van der Waals surface area contributed by atoms with Crippen LogP contribution in [0.4, 0.5) is 5.69 Å². The second-order valence-electron chi connectivity index (χ2n) is 15.0. The number of anilines is 1. The smallest absolute Gasteiger partial charge is 0.294 e. The Hall–Kier alpha value is -4.27. The molecule has 270 valence electrons. The highest BCUT2D eigenvalue weighted by Crippen LogP contribution is 2.48. The van der Waals surface area contributed by atoms with Crippen molar-refractivity contribution in [1.29, 1.82) is 0 Å². The van der Waals surface area contributed by atoms with Crippen LogP contribution in [0.3, 0.4) is 0 Å². The number of nitrogens with zero attached hydrogens (tertiary/aromatic N) is 2. The van der Waals surface area contributed by atoms with Crippen LogP contribution in [0, 0.1) is 12.3 Å². The number of benzene rings is 3. The van der Waals surface area contributed by atoms with Crippen LogP contribution < -0.4 is 14.8 Å². The van der Waals surface area contributed by atoms with E-state index >= 15 is 0 Å². The highest BCUT2D eigenvalue weighted by molar-refractivity contribution is 7.85. The summed E-state index contributed by atoms with van der Waals surface area (Å²) in [5, 5.41) is 1.12. The number of hydrogen-bond donors (Lipinski definition) is 1. The van der Waals surface area contributed by atoms with Crippen LogP contribution in [-0.2, 0) is 20.3 Å². The number of carbonyl (C=O) groups is 1. The van der Waals surface area contributed by atoms with Gasteiger partial charge in [0.25, 0.3) is 10.1 Å². The summed E-state index contributed by atoms with van der Waals surface area (Å²) in [4.78, 5) is 14.6. The van der Waals surface area contributed by atoms with Crippen LogP contribution in [0.1, 0.15) is 91.0 Å². The van der Waals surface area contributed by atoms with Crippen molar-refractivity contribution >= 4 is 27.7 Å². The summed E-state index contributed by atoms with van der Waals surface area (Å²) < 4.78 is 43.1. The van der Waals surface area contributed by atoms with Crippen LogP contribution in [0.2, 0.25) is 0 Å². The van der Waals surface area contributed by atoms with E-state index in [1.807, 2.05) is 39.0 Å². The number of unbranched alkanes of at least 4 members (excludes halogenated alkanes) is 2. The Balaban J connectivity index is 1.56. The highest BCUT2D eigenvalue weighted by Gasteiger charge is 2.40. The summed E-state index contributed by atoms with van der Waals surface area (Å²) in [7, 11) is -4.37. The third kappa shape index (κ3) is 8.13. The van der Waals surface area contributed by atoms with E-state index in [-0.39, 0.29) is 16.1 Å². The average Bonchev–Trinajstić information content (AvgIpc) is 3.29. The maximum Gasteiger partial charge on any atom is 0.294 e. The Morgan fingerprint density at radius 2 is 1.67 bits per heavy atom. The molecule has 2 aromatic rings. The van der Waals surface area contributed by atoms with Gasteiger partial charge in [0.2, 0.25) is 5.36 Å². The molecule has 0 amide bonds. The lowest BCUT2D eigenvalue weighted by atomic mass is 9.83. The van der Waals surface area contributed by atoms with E-state index in [9.17, 15) is 17.8 Å². The SMILES string of the molecule is CC[N+](CC)=c1ccc2c(-c3ccccc3)c(C)c(C=CC=C3N(CCCCCC(=O)C(C)(C)C)c4ccc(S(=O)(=O)O)cc4C3(C)C)oc-2c1. The second-order valence-corrected chi connectivity index (χ2v) is 16.4. The van der Waals surface area contributed by atoms with Crippen molar-refractivity contribution in [3.63, 3.8) is 0 Å². The third-order valence-corrected chi connectivity index (χ3v) is 11.0. The molecule has 7 nitrogen and oxygen atoms in total. The van der Waals surface area contributed by atoms with Gasteiger partial charge in [-0.3, -0.25) is 9.35 Å². The quantitative estimate of drug-likeness (QED) is 0.0896. The molecular weight excluding hydrogens is 657 g/mol. The van der Waals surface area contributed by atoms with Crippen molar-refractivity contribution in [3.8, 4) is 22.5 Å². The molecule has 5 rings (SSSR count). The van der Waals surface area contributed by atoms with Crippen molar-refractivity contribution in [3.05, 3.63) is 107 Å². The molecular formula is C43H53N2O5S+. The Bertz CT molecular complexity index is 2110. The first kappa shape index (κ1) is 38.0. The standard InChI is InChI=1S/C43H52N2O5S/c1-9-44(10-2)32-23-25-34-38(28-32)50-37(30(3)41(34)31-18-13-11-14-19-31)20-17-21-39-43(7,8)35-29-33(51(47,48)49)24-26-36(35)45(39)27-16-12-15-22-40(46)42(4,5)6/h11,13-14,17-21,23-26,28-29H,9-10,12,15-16,22,27H2,1-8H3/p+1. The van der Waals surface area contributed by atoms with Crippen molar-refractivity contribution in [2.24, 2.45) is 5.41 Å². The van der Waals surface area contributed by atoms with Gasteiger partial charge in [0.1, 0.15) is 30.4 Å². The number of Topliss-reactive ketones (excluding diaryl/α,β-unsaturated/α-hetero) is 1. The molecule has 2 aromatic carbocycles. The number of fused-ring (bicyclic) bond motifs is 2. The van der Waals surface area contributed by atoms with Crippen LogP contribution in [0.25, 0.3) is 28.5 Å². The molecule has 8 heteroatoms. The van der Waals surface area contributed by atoms with Gasteiger partial charge in [0.15, 0.2) is 0 Å². The summed E-state index contributed by atoms with van der Waals surface area (Å²) >= 11 is 0. The van der Waals surface area contributed by atoms with E-state index in [1.54, 1.807) is 12.1 Å². The van der Waals surface area contributed by atoms with E-state index in [0.717, 1.165) is 88.4 Å². The minimum absolute atomic E-state index is 0.116. The molecule has 0 radical (unpaired) electrons. The summed E-state index contributed by atoms with van der Waals surface area (Å²) in [6, 6.07) is 21.7. The fourth-order valence-corrected chi connectivity index (χ4v) is 7.64. The molecule has 3 aliphatic rings. The van der Waals surface area contributed by atoms with Crippen LogP contribution >= 0.6 is 0 Å². The zero-order valence-corrected chi connectivity index (χ0v) is 32.2. The molecule has 1 aliphatic carbocycles. The van der Waals surface area contributed by atoms with Gasteiger partial charge < -0.3 is 9.32 Å². The normalized spacial score (nSPS) is 15.2. The molecule has 0 bridgehead atoms. The monoisotopic (exact) mass is 709 g/mol. The van der Waals surface area contributed by atoms with E-state index in [2.05, 4.69) is 92.6 Å². The lowest BCUT2D eigenvalue weighted by molar-refractivity contribution is -0.126. The van der Waals surface area contributed by atoms with Gasteiger partial charge in [0.05, 0.1) is 11.0 Å². The van der Waals surface area contributed by atoms with Gasteiger partial charge in [-0.25, -0.2) is 4.58 Å². The molecule has 0 fully saturated rings. The van der Waals surface area contributed by atoms with Crippen molar-refractivity contribution < 1.29 is 22.2 Å². The number of allylic oxidation sites excluding steroid dienone is 3. The fourth-order valence-electron chi connectivity index (χ4n) is 7.13. The molecule has 0 saturated carbocycles. The summed E-state index contributed by atoms with van der Waals surface area (Å²) in [5.74, 6) is 1.84. The summed E-state index contributed by atoms with van der Waals surface area (Å²) in [6.45, 7) is 18.9. The van der Waals surface area contributed by atoms with Gasteiger partial charge in [-0.15, -0.1) is 0 Å². The van der Waals surface area contributed by atoms with Crippen LogP contribution in [-0.4, -0.2) is 38.4 Å². The van der Waals surface area contributed by atoms with E-state index < -0.39 is 15.5 Å². The molecule has 0 saturated heterocycles. The van der Waals surface area contributed by atoms with Crippen molar-refractivity contribution in [2.45, 2.75) is 91.4 Å². The molecule has 2 aliphatic heterocycles. The van der Waals surface area contributed by atoms with Crippen LogP contribution in [0.5, 0.6) is 0 Å². The lowest BCUT2D eigenvalue weighted by Crippen LogP contribution is -2.29. The minimum Gasteiger partial charge on any atom is -0.456 e.